The van der Waals surface area contributed by atoms with Crippen LogP contribution in [0.4, 0.5) is 0 Å². The Morgan fingerprint density at radius 3 is 2.31 bits per heavy atom. The molecule has 1 aliphatic rings. The minimum atomic E-state index is -0.644. The monoisotopic (exact) mass is 366 g/mol. The fraction of sp³-hybridized carbons (Fsp3) is 0.611. The van der Waals surface area contributed by atoms with E-state index in [-0.39, 0.29) is 42.6 Å². The van der Waals surface area contributed by atoms with Crippen LogP contribution in [0.5, 0.6) is 0 Å². The lowest BCUT2D eigenvalue weighted by Gasteiger charge is -2.35. The number of carbonyl (C=O) groups excluding carboxylic acids is 3. The number of amides is 1. The van der Waals surface area contributed by atoms with Gasteiger partial charge in [0.2, 0.25) is 0 Å². The van der Waals surface area contributed by atoms with E-state index in [4.69, 9.17) is 14.2 Å². The summed E-state index contributed by atoms with van der Waals surface area (Å²) in [4.78, 5) is 41.1. The van der Waals surface area contributed by atoms with Gasteiger partial charge in [0.15, 0.2) is 6.61 Å². The molecule has 1 fully saturated rings. The van der Waals surface area contributed by atoms with Crippen LogP contribution in [-0.4, -0.2) is 66.2 Å². The molecular weight excluding hydrogens is 340 g/mol. The Morgan fingerprint density at radius 1 is 1.12 bits per heavy atom. The van der Waals surface area contributed by atoms with Crippen molar-refractivity contribution in [3.63, 3.8) is 0 Å². The van der Waals surface area contributed by atoms with E-state index in [1.54, 1.807) is 25.7 Å². The maximum Gasteiger partial charge on any atom is 0.355 e. The van der Waals surface area contributed by atoms with E-state index in [2.05, 4.69) is 4.98 Å². The second-order valence-corrected chi connectivity index (χ2v) is 6.48. The number of morpholine rings is 1. The first-order chi connectivity index (χ1) is 12.2. The van der Waals surface area contributed by atoms with Crippen molar-refractivity contribution in [3.8, 4) is 0 Å². The topological polar surface area (TPSA) is 97.9 Å². The van der Waals surface area contributed by atoms with E-state index in [0.717, 1.165) is 0 Å². The first-order valence-corrected chi connectivity index (χ1v) is 8.71. The molecule has 26 heavy (non-hydrogen) atoms. The summed E-state index contributed by atoms with van der Waals surface area (Å²) in [5.41, 5.74) is 1.42. The van der Waals surface area contributed by atoms with Crippen LogP contribution in [0.2, 0.25) is 0 Å². The van der Waals surface area contributed by atoms with Crippen LogP contribution >= 0.6 is 0 Å². The summed E-state index contributed by atoms with van der Waals surface area (Å²) in [7, 11) is 0. The summed E-state index contributed by atoms with van der Waals surface area (Å²) in [5.74, 6) is -1.44. The maximum absolute atomic E-state index is 12.4. The minimum Gasteiger partial charge on any atom is -0.461 e. The standard InChI is InChI=1S/C18H26N2O6/c1-6-24-18(23)16-12(4)15(13(5)19-16)17(22)25-9-14(21)20-7-10(2)26-11(3)8-20/h10-11,19H,6-9H2,1-5H3/t10-,11+. The average Bonchev–Trinajstić information content (AvgIpc) is 2.86. The number of aromatic amines is 1. The molecule has 2 rings (SSSR count). The zero-order chi connectivity index (χ0) is 19.4. The summed E-state index contributed by atoms with van der Waals surface area (Å²) in [5, 5.41) is 0. The molecule has 0 unspecified atom stereocenters. The Kier molecular flexibility index (Phi) is 6.42. The maximum atomic E-state index is 12.4. The SMILES string of the molecule is CCOC(=O)c1[nH]c(C)c(C(=O)OCC(=O)N2C[C@@H](C)O[C@@H](C)C2)c1C. The Labute approximate surface area is 152 Å². The van der Waals surface area contributed by atoms with E-state index < -0.39 is 11.9 Å². The molecular formula is C18H26N2O6. The molecule has 1 aliphatic heterocycles. The van der Waals surface area contributed by atoms with Crippen molar-refractivity contribution in [2.45, 2.75) is 46.8 Å². The van der Waals surface area contributed by atoms with Crippen molar-refractivity contribution in [2.75, 3.05) is 26.3 Å². The van der Waals surface area contributed by atoms with Gasteiger partial charge < -0.3 is 24.1 Å². The number of H-pyrrole nitrogens is 1. The molecule has 1 amide bonds. The molecule has 1 aromatic heterocycles. The number of rotatable bonds is 5. The summed E-state index contributed by atoms with van der Waals surface area (Å²) in [6, 6.07) is 0. The molecule has 144 valence electrons. The normalized spacial score (nSPS) is 20.0. The van der Waals surface area contributed by atoms with Gasteiger partial charge in [-0.2, -0.15) is 0 Å². The van der Waals surface area contributed by atoms with E-state index in [1.807, 2.05) is 13.8 Å². The lowest BCUT2D eigenvalue weighted by molar-refractivity contribution is -0.146. The molecule has 0 aromatic carbocycles. The second kappa shape index (κ2) is 8.35. The van der Waals surface area contributed by atoms with Crippen molar-refractivity contribution in [1.82, 2.24) is 9.88 Å². The van der Waals surface area contributed by atoms with Crippen LogP contribution in [0, 0.1) is 13.8 Å². The molecule has 1 N–H and O–H groups in total. The summed E-state index contributed by atoms with van der Waals surface area (Å²) in [6.07, 6.45) is -0.112. The molecule has 1 saturated heterocycles. The zero-order valence-corrected chi connectivity index (χ0v) is 15.9. The van der Waals surface area contributed by atoms with E-state index >= 15 is 0 Å². The number of hydrogen-bond acceptors (Lipinski definition) is 6. The van der Waals surface area contributed by atoms with Crippen molar-refractivity contribution in [2.24, 2.45) is 0 Å². The number of esters is 2. The van der Waals surface area contributed by atoms with Gasteiger partial charge in [0.25, 0.3) is 5.91 Å². The lowest BCUT2D eigenvalue weighted by Crippen LogP contribution is -2.49. The van der Waals surface area contributed by atoms with E-state index in [9.17, 15) is 14.4 Å². The average molecular weight is 366 g/mol. The highest BCUT2D eigenvalue weighted by atomic mass is 16.5. The van der Waals surface area contributed by atoms with Crippen LogP contribution in [-0.2, 0) is 19.0 Å². The van der Waals surface area contributed by atoms with Crippen LogP contribution in [0.3, 0.4) is 0 Å². The molecule has 0 bridgehead atoms. The molecule has 0 aliphatic carbocycles. The van der Waals surface area contributed by atoms with Crippen molar-refractivity contribution in [1.29, 1.82) is 0 Å². The fourth-order valence-electron chi connectivity index (χ4n) is 3.14. The van der Waals surface area contributed by atoms with Gasteiger partial charge >= 0.3 is 11.9 Å². The predicted octanol–water partition coefficient (Wildman–Crippen LogP) is 1.60. The van der Waals surface area contributed by atoms with E-state index in [1.165, 1.54) is 0 Å². The van der Waals surface area contributed by atoms with Gasteiger partial charge in [-0.3, -0.25) is 4.79 Å². The molecule has 2 atom stereocenters. The van der Waals surface area contributed by atoms with Crippen LogP contribution < -0.4 is 0 Å². The third-order valence-corrected chi connectivity index (χ3v) is 4.22. The molecule has 0 spiro atoms. The van der Waals surface area contributed by atoms with E-state index in [0.29, 0.717) is 24.3 Å². The van der Waals surface area contributed by atoms with Crippen LogP contribution in [0.1, 0.15) is 52.9 Å². The zero-order valence-electron chi connectivity index (χ0n) is 15.9. The number of aromatic nitrogens is 1. The second-order valence-electron chi connectivity index (χ2n) is 6.48. The summed E-state index contributed by atoms with van der Waals surface area (Å²) < 4.78 is 15.7. The molecule has 0 radical (unpaired) electrons. The molecule has 2 heterocycles. The van der Waals surface area contributed by atoms with Crippen LogP contribution in [0.25, 0.3) is 0 Å². The van der Waals surface area contributed by atoms with Crippen molar-refractivity contribution in [3.05, 3.63) is 22.5 Å². The number of ether oxygens (including phenoxy) is 3. The van der Waals surface area contributed by atoms with Gasteiger partial charge in [0.1, 0.15) is 5.69 Å². The number of nitrogens with zero attached hydrogens (tertiary/aromatic N) is 1. The first-order valence-electron chi connectivity index (χ1n) is 8.71. The molecule has 8 nitrogen and oxygen atoms in total. The van der Waals surface area contributed by atoms with Gasteiger partial charge in [-0.25, -0.2) is 9.59 Å². The third kappa shape index (κ3) is 4.43. The molecule has 1 aromatic rings. The number of nitrogens with one attached hydrogen (secondary N) is 1. The highest BCUT2D eigenvalue weighted by Crippen LogP contribution is 2.20. The number of hydrogen-bond donors (Lipinski definition) is 1. The van der Waals surface area contributed by atoms with Gasteiger partial charge in [-0.05, 0) is 40.2 Å². The Hall–Kier alpha value is -2.35. The quantitative estimate of drug-likeness (QED) is 0.795. The smallest absolute Gasteiger partial charge is 0.355 e. The summed E-state index contributed by atoms with van der Waals surface area (Å²) in [6.45, 7) is 9.62. The predicted molar refractivity (Wildman–Crippen MR) is 93.1 cm³/mol. The van der Waals surface area contributed by atoms with Gasteiger partial charge in [0, 0.05) is 18.8 Å². The highest BCUT2D eigenvalue weighted by molar-refractivity contribution is 5.99. The Morgan fingerprint density at radius 2 is 1.73 bits per heavy atom. The molecule has 8 heteroatoms. The molecule has 0 saturated carbocycles. The highest BCUT2D eigenvalue weighted by Gasteiger charge is 2.28. The number of carbonyl (C=O) groups is 3. The fourth-order valence-corrected chi connectivity index (χ4v) is 3.14. The lowest BCUT2D eigenvalue weighted by atomic mass is 10.1. The largest absolute Gasteiger partial charge is 0.461 e. The first kappa shape index (κ1) is 20.0. The minimum absolute atomic E-state index is 0.0558. The van der Waals surface area contributed by atoms with Crippen LogP contribution in [0.15, 0.2) is 0 Å². The Bertz CT molecular complexity index is 686. The number of aryl methyl sites for hydroxylation is 1. The summed E-state index contributed by atoms with van der Waals surface area (Å²) >= 11 is 0. The van der Waals surface area contributed by atoms with Gasteiger partial charge in [-0.1, -0.05) is 0 Å². The van der Waals surface area contributed by atoms with Crippen molar-refractivity contribution >= 4 is 17.8 Å². The van der Waals surface area contributed by atoms with Gasteiger partial charge in [0.05, 0.1) is 24.4 Å². The Balaban J connectivity index is 2.02. The van der Waals surface area contributed by atoms with Crippen molar-refractivity contribution < 1.29 is 28.6 Å². The van der Waals surface area contributed by atoms with Gasteiger partial charge in [-0.15, -0.1) is 0 Å². The third-order valence-electron chi connectivity index (χ3n) is 4.22.